The molecule has 0 saturated carbocycles. The summed E-state index contributed by atoms with van der Waals surface area (Å²) < 4.78 is 18.8. The Hall–Kier alpha value is -3.84. The minimum Gasteiger partial charge on any atom is -0.493 e. The number of halogens is 2. The summed E-state index contributed by atoms with van der Waals surface area (Å²) >= 11 is 13.9. The predicted octanol–water partition coefficient (Wildman–Crippen LogP) is 8.12. The lowest BCUT2D eigenvalue weighted by Gasteiger charge is -2.27. The fourth-order valence-corrected chi connectivity index (χ4v) is 6.44. The molecule has 258 valence electrons. The van der Waals surface area contributed by atoms with Crippen molar-refractivity contribution < 1.29 is 19.3 Å². The number of pyridine rings is 1. The number of hydrogen-bond acceptors (Lipinski definition) is 8. The molecule has 0 atom stereocenters. The molecule has 1 aliphatic rings. The second-order valence-electron chi connectivity index (χ2n) is 12.2. The Morgan fingerprint density at radius 3 is 2.45 bits per heavy atom. The maximum atomic E-state index is 9.30. The third kappa shape index (κ3) is 10.3. The summed E-state index contributed by atoms with van der Waals surface area (Å²) in [5, 5.41) is 22.6. The van der Waals surface area contributed by atoms with Gasteiger partial charge in [0.15, 0.2) is 0 Å². The average Bonchev–Trinajstić information content (AvgIpc) is 3.12. The second-order valence-corrected chi connectivity index (χ2v) is 13.0. The Bertz CT molecular complexity index is 1720. The molecule has 1 aromatic heterocycles. The Balaban J connectivity index is 1.30. The number of nitrogens with zero attached hydrogens (tertiary/aromatic N) is 3. The van der Waals surface area contributed by atoms with Gasteiger partial charge in [-0.25, -0.2) is 0 Å². The summed E-state index contributed by atoms with van der Waals surface area (Å²) in [4.78, 5) is 6.59. The first-order valence-corrected chi connectivity index (χ1v) is 17.7. The van der Waals surface area contributed by atoms with Gasteiger partial charge in [-0.3, -0.25) is 9.88 Å². The van der Waals surface area contributed by atoms with Gasteiger partial charge >= 0.3 is 0 Å². The number of rotatable bonds is 17. The van der Waals surface area contributed by atoms with Gasteiger partial charge in [0.2, 0.25) is 0 Å². The van der Waals surface area contributed by atoms with Crippen LogP contribution in [0.2, 0.25) is 10.0 Å². The summed E-state index contributed by atoms with van der Waals surface area (Å²) in [6, 6.07) is 19.7. The van der Waals surface area contributed by atoms with Gasteiger partial charge < -0.3 is 24.6 Å². The summed E-state index contributed by atoms with van der Waals surface area (Å²) in [7, 11) is 0. The van der Waals surface area contributed by atoms with Crippen LogP contribution in [0, 0.1) is 18.3 Å². The molecule has 1 saturated heterocycles. The first-order valence-electron chi connectivity index (χ1n) is 16.9. The highest BCUT2D eigenvalue weighted by atomic mass is 35.5. The van der Waals surface area contributed by atoms with Gasteiger partial charge in [0.05, 0.1) is 22.2 Å². The van der Waals surface area contributed by atoms with Crippen molar-refractivity contribution in [1.82, 2.24) is 15.2 Å². The van der Waals surface area contributed by atoms with E-state index >= 15 is 0 Å². The van der Waals surface area contributed by atoms with Crippen LogP contribution < -0.4 is 19.5 Å². The Kier molecular flexibility index (Phi) is 14.0. The zero-order valence-electron chi connectivity index (χ0n) is 28.0. The number of piperidine rings is 1. The van der Waals surface area contributed by atoms with Crippen LogP contribution in [-0.4, -0.2) is 54.4 Å². The standard InChI is InChI=1S/C39H44Cl2N4O4/c1-28-33(10-6-12-36(28)47-18-8-14-43-13-7-17-46)34-11-5-9-31(39(34)41)27-49-38-21-37(48-26-30-19-29(22-42)23-44-24-30)32(20-35(38)40)25-45-15-3-2-4-16-45/h5-6,9-12,19-21,23-24,43,46H,2-4,7-8,13-18,25-27H2,1H3. The third-order valence-electron chi connectivity index (χ3n) is 8.58. The molecule has 10 heteroatoms. The number of benzene rings is 3. The van der Waals surface area contributed by atoms with Gasteiger partial charge in [-0.2, -0.15) is 5.26 Å². The van der Waals surface area contributed by atoms with Crippen molar-refractivity contribution in [3.63, 3.8) is 0 Å². The van der Waals surface area contributed by atoms with Crippen LogP contribution in [0.25, 0.3) is 11.1 Å². The van der Waals surface area contributed by atoms with Crippen LogP contribution in [0.3, 0.4) is 0 Å². The number of likely N-dealkylation sites (tertiary alicyclic amines) is 1. The van der Waals surface area contributed by atoms with E-state index in [1.807, 2.05) is 55.5 Å². The maximum Gasteiger partial charge on any atom is 0.142 e. The van der Waals surface area contributed by atoms with Crippen LogP contribution >= 0.6 is 23.2 Å². The van der Waals surface area contributed by atoms with Gasteiger partial charge in [0, 0.05) is 53.9 Å². The molecule has 5 rings (SSSR count). The normalized spacial score (nSPS) is 13.2. The smallest absolute Gasteiger partial charge is 0.142 e. The number of aromatic nitrogens is 1. The van der Waals surface area contributed by atoms with Crippen molar-refractivity contribution in [3.8, 4) is 34.4 Å². The molecule has 0 spiro atoms. The van der Waals surface area contributed by atoms with E-state index in [1.165, 1.54) is 25.5 Å². The van der Waals surface area contributed by atoms with Crippen molar-refractivity contribution in [3.05, 3.63) is 105 Å². The number of nitriles is 1. The molecule has 0 aliphatic carbocycles. The van der Waals surface area contributed by atoms with Crippen LogP contribution in [0.1, 0.15) is 59.9 Å². The van der Waals surface area contributed by atoms with Gasteiger partial charge in [0.25, 0.3) is 0 Å². The predicted molar refractivity (Wildman–Crippen MR) is 195 cm³/mol. The number of nitrogens with one attached hydrogen (secondary N) is 1. The first-order chi connectivity index (χ1) is 24.0. The molecule has 0 radical (unpaired) electrons. The van der Waals surface area contributed by atoms with Gasteiger partial charge in [-0.05, 0) is 88.1 Å². The highest BCUT2D eigenvalue weighted by Gasteiger charge is 2.18. The number of hydrogen-bond donors (Lipinski definition) is 2. The lowest BCUT2D eigenvalue weighted by molar-refractivity contribution is 0.214. The van der Waals surface area contributed by atoms with E-state index in [9.17, 15) is 5.26 Å². The van der Waals surface area contributed by atoms with Crippen LogP contribution in [0.4, 0.5) is 0 Å². The Labute approximate surface area is 299 Å². The molecule has 3 aromatic carbocycles. The van der Waals surface area contributed by atoms with Crippen LogP contribution in [-0.2, 0) is 19.8 Å². The lowest BCUT2D eigenvalue weighted by atomic mass is 9.98. The minimum absolute atomic E-state index is 0.195. The SMILES string of the molecule is Cc1c(OCCCNCCCO)cccc1-c1cccc(COc2cc(OCc3cncc(C#N)c3)c(CN3CCCCC3)cc2Cl)c1Cl. The molecule has 1 fully saturated rings. The highest BCUT2D eigenvalue weighted by molar-refractivity contribution is 6.34. The molecule has 4 aromatic rings. The quantitative estimate of drug-likeness (QED) is 0.106. The monoisotopic (exact) mass is 702 g/mol. The van der Waals surface area contributed by atoms with Crippen molar-refractivity contribution >= 4 is 23.2 Å². The second kappa shape index (κ2) is 18.8. The molecular formula is C39H44Cl2N4O4. The molecule has 0 unspecified atom stereocenters. The highest BCUT2D eigenvalue weighted by Crippen LogP contribution is 2.38. The van der Waals surface area contributed by atoms with Gasteiger partial charge in [0.1, 0.15) is 36.5 Å². The van der Waals surface area contributed by atoms with E-state index in [0.29, 0.717) is 33.7 Å². The van der Waals surface area contributed by atoms with Crippen molar-refractivity contribution in [2.75, 3.05) is 39.4 Å². The van der Waals surface area contributed by atoms with E-state index in [1.54, 1.807) is 12.3 Å². The molecule has 0 bridgehead atoms. The van der Waals surface area contributed by atoms with Crippen molar-refractivity contribution in [2.24, 2.45) is 0 Å². The number of aliphatic hydroxyl groups is 1. The average molecular weight is 704 g/mol. The first kappa shape index (κ1) is 36.4. The molecule has 1 aliphatic heterocycles. The molecule has 8 nitrogen and oxygen atoms in total. The van der Waals surface area contributed by atoms with E-state index in [2.05, 4.69) is 21.3 Å². The maximum absolute atomic E-state index is 9.30. The van der Waals surface area contributed by atoms with Gasteiger partial charge in [-0.1, -0.05) is 60.0 Å². The Morgan fingerprint density at radius 2 is 1.63 bits per heavy atom. The van der Waals surface area contributed by atoms with E-state index < -0.39 is 0 Å². The zero-order valence-corrected chi connectivity index (χ0v) is 29.5. The largest absolute Gasteiger partial charge is 0.493 e. The fraction of sp³-hybridized carbons (Fsp3) is 0.385. The molecular weight excluding hydrogens is 659 g/mol. The zero-order chi connectivity index (χ0) is 34.4. The summed E-state index contributed by atoms with van der Waals surface area (Å²) in [5.74, 6) is 2.01. The lowest BCUT2D eigenvalue weighted by Crippen LogP contribution is -2.29. The summed E-state index contributed by atoms with van der Waals surface area (Å²) in [6.07, 6.45) is 8.47. The molecule has 2 N–H and O–H groups in total. The number of aliphatic hydroxyl groups excluding tert-OH is 1. The Morgan fingerprint density at radius 1 is 0.857 bits per heavy atom. The summed E-state index contributed by atoms with van der Waals surface area (Å²) in [6.45, 7) is 7.73. The minimum atomic E-state index is 0.195. The van der Waals surface area contributed by atoms with E-state index in [0.717, 1.165) is 84.7 Å². The van der Waals surface area contributed by atoms with Crippen molar-refractivity contribution in [1.29, 1.82) is 5.26 Å². The van der Waals surface area contributed by atoms with E-state index in [4.69, 9.17) is 42.5 Å². The fourth-order valence-electron chi connectivity index (χ4n) is 5.92. The molecule has 49 heavy (non-hydrogen) atoms. The summed E-state index contributed by atoms with van der Waals surface area (Å²) in [5.41, 5.74) is 6.02. The van der Waals surface area contributed by atoms with Crippen molar-refractivity contribution in [2.45, 2.75) is 58.8 Å². The number of ether oxygens (including phenoxy) is 3. The third-order valence-corrected chi connectivity index (χ3v) is 9.32. The van der Waals surface area contributed by atoms with Gasteiger partial charge in [-0.15, -0.1) is 0 Å². The van der Waals surface area contributed by atoms with Crippen LogP contribution in [0.15, 0.2) is 67.0 Å². The molecule has 2 heterocycles. The topological polar surface area (TPSA) is 99.9 Å². The van der Waals surface area contributed by atoms with E-state index in [-0.39, 0.29) is 19.8 Å². The van der Waals surface area contributed by atoms with Crippen LogP contribution in [0.5, 0.6) is 17.2 Å². The molecule has 0 amide bonds.